The number of halogens is 5. The van der Waals surface area contributed by atoms with Gasteiger partial charge in [-0.05, 0) is 19.1 Å². The van der Waals surface area contributed by atoms with Crippen LogP contribution < -0.4 is 5.32 Å². The summed E-state index contributed by atoms with van der Waals surface area (Å²) in [5, 5.41) is 1.59. The van der Waals surface area contributed by atoms with Gasteiger partial charge in [-0.3, -0.25) is 4.79 Å². The molecule has 20 heavy (non-hydrogen) atoms. The lowest BCUT2D eigenvalue weighted by molar-refractivity contribution is 0.0994. The fourth-order valence-electron chi connectivity index (χ4n) is 1.45. The van der Waals surface area contributed by atoms with Crippen LogP contribution in [0, 0.1) is 36.0 Å². The molecule has 0 spiro atoms. The summed E-state index contributed by atoms with van der Waals surface area (Å²) in [5.41, 5.74) is -1.43. The van der Waals surface area contributed by atoms with E-state index in [0.717, 1.165) is 0 Å². The number of benzene rings is 1. The number of amides is 1. The summed E-state index contributed by atoms with van der Waals surface area (Å²) in [4.78, 5) is 11.6. The zero-order chi connectivity index (χ0) is 15.0. The molecule has 0 aliphatic carbocycles. The first-order chi connectivity index (χ1) is 9.32. The number of carbonyl (C=O) groups is 1. The van der Waals surface area contributed by atoms with Gasteiger partial charge in [0, 0.05) is 0 Å². The molecule has 1 heterocycles. The highest BCUT2D eigenvalue weighted by Gasteiger charge is 2.27. The first-order valence-corrected chi connectivity index (χ1v) is 5.22. The zero-order valence-electron chi connectivity index (χ0n) is 9.86. The van der Waals surface area contributed by atoms with E-state index in [-0.39, 0.29) is 5.76 Å². The van der Waals surface area contributed by atoms with Crippen LogP contribution in [-0.4, -0.2) is 5.91 Å². The molecule has 2 rings (SSSR count). The van der Waals surface area contributed by atoms with Crippen molar-refractivity contribution in [1.82, 2.24) is 0 Å². The average molecular weight is 291 g/mol. The van der Waals surface area contributed by atoms with E-state index in [1.165, 1.54) is 19.1 Å². The van der Waals surface area contributed by atoms with Crippen molar-refractivity contribution in [3.63, 3.8) is 0 Å². The third-order valence-corrected chi connectivity index (χ3v) is 2.41. The van der Waals surface area contributed by atoms with Crippen LogP contribution in [0.3, 0.4) is 0 Å². The van der Waals surface area contributed by atoms with Crippen LogP contribution in [0.5, 0.6) is 0 Å². The van der Waals surface area contributed by atoms with Crippen molar-refractivity contribution in [1.29, 1.82) is 0 Å². The first-order valence-electron chi connectivity index (χ1n) is 5.22. The minimum atomic E-state index is -2.30. The summed E-state index contributed by atoms with van der Waals surface area (Å²) in [7, 11) is 0. The Kier molecular flexibility index (Phi) is 3.47. The summed E-state index contributed by atoms with van der Waals surface area (Å²) in [6.07, 6.45) is 0. The highest BCUT2D eigenvalue weighted by atomic mass is 19.2. The van der Waals surface area contributed by atoms with Gasteiger partial charge in [-0.25, -0.2) is 22.0 Å². The second-order valence-corrected chi connectivity index (χ2v) is 3.81. The molecule has 1 amide bonds. The minimum absolute atomic E-state index is 0.327. The van der Waals surface area contributed by atoms with Crippen LogP contribution >= 0.6 is 0 Å². The van der Waals surface area contributed by atoms with Crippen LogP contribution in [0.4, 0.5) is 27.6 Å². The largest absolute Gasteiger partial charge is 0.456 e. The fraction of sp³-hybridized carbons (Fsp3) is 0.0833. The molecule has 0 aliphatic rings. The van der Waals surface area contributed by atoms with Gasteiger partial charge in [-0.2, -0.15) is 0 Å². The smallest absolute Gasteiger partial charge is 0.291 e. The molecule has 2 aromatic rings. The molecule has 3 nitrogen and oxygen atoms in total. The van der Waals surface area contributed by atoms with Gasteiger partial charge in [0.2, 0.25) is 5.82 Å². The molecule has 1 N–H and O–H groups in total. The van der Waals surface area contributed by atoms with Gasteiger partial charge < -0.3 is 9.73 Å². The van der Waals surface area contributed by atoms with E-state index >= 15 is 0 Å². The van der Waals surface area contributed by atoms with E-state index in [2.05, 4.69) is 0 Å². The lowest BCUT2D eigenvalue weighted by Gasteiger charge is -2.08. The van der Waals surface area contributed by atoms with Crippen molar-refractivity contribution in [3.8, 4) is 0 Å². The molecule has 0 saturated heterocycles. The fourth-order valence-corrected chi connectivity index (χ4v) is 1.45. The lowest BCUT2D eigenvalue weighted by Crippen LogP contribution is -2.16. The van der Waals surface area contributed by atoms with Crippen molar-refractivity contribution in [2.75, 3.05) is 5.32 Å². The highest BCUT2D eigenvalue weighted by molar-refractivity contribution is 6.02. The standard InChI is InChI=1S/C12H6F5NO2/c1-4-2-3-5(20-4)12(19)18-11-9(16)7(14)6(13)8(15)10(11)17/h2-3H,1H3,(H,18,19). The van der Waals surface area contributed by atoms with Crippen molar-refractivity contribution in [2.24, 2.45) is 0 Å². The monoisotopic (exact) mass is 291 g/mol. The number of hydrogen-bond acceptors (Lipinski definition) is 2. The molecule has 0 aliphatic heterocycles. The number of aryl methyl sites for hydroxylation is 1. The summed E-state index contributed by atoms with van der Waals surface area (Å²) in [6, 6.07) is 2.59. The summed E-state index contributed by atoms with van der Waals surface area (Å²) in [5.74, 6) is -12.0. The number of rotatable bonds is 2. The molecule has 0 radical (unpaired) electrons. The topological polar surface area (TPSA) is 42.2 Å². The Morgan fingerprint density at radius 2 is 1.45 bits per heavy atom. The SMILES string of the molecule is Cc1ccc(C(=O)Nc2c(F)c(F)c(F)c(F)c2F)o1. The molecule has 0 unspecified atom stereocenters. The van der Waals surface area contributed by atoms with Crippen LogP contribution in [0.15, 0.2) is 16.5 Å². The molecule has 0 bridgehead atoms. The number of nitrogens with one attached hydrogen (secondary N) is 1. The van der Waals surface area contributed by atoms with Gasteiger partial charge in [0.1, 0.15) is 11.4 Å². The van der Waals surface area contributed by atoms with Crippen molar-refractivity contribution < 1.29 is 31.2 Å². The Morgan fingerprint density at radius 1 is 0.950 bits per heavy atom. The van der Waals surface area contributed by atoms with Gasteiger partial charge in [0.15, 0.2) is 29.0 Å². The van der Waals surface area contributed by atoms with E-state index in [1.54, 1.807) is 5.32 Å². The average Bonchev–Trinajstić information content (AvgIpc) is 2.85. The second kappa shape index (κ2) is 4.95. The molecule has 1 aromatic carbocycles. The summed E-state index contributed by atoms with van der Waals surface area (Å²) >= 11 is 0. The van der Waals surface area contributed by atoms with E-state index < -0.39 is 40.7 Å². The van der Waals surface area contributed by atoms with E-state index in [4.69, 9.17) is 4.42 Å². The Hall–Kier alpha value is -2.38. The molecule has 0 fully saturated rings. The zero-order valence-corrected chi connectivity index (χ0v) is 9.86. The maximum atomic E-state index is 13.3. The molecule has 0 saturated carbocycles. The van der Waals surface area contributed by atoms with Crippen molar-refractivity contribution in [2.45, 2.75) is 6.92 Å². The summed E-state index contributed by atoms with van der Waals surface area (Å²) < 4.78 is 70.1. The Balaban J connectivity index is 2.42. The van der Waals surface area contributed by atoms with Crippen molar-refractivity contribution in [3.05, 3.63) is 52.7 Å². The normalized spacial score (nSPS) is 10.7. The molecule has 1 aromatic heterocycles. The molecule has 0 atom stereocenters. The van der Waals surface area contributed by atoms with E-state index in [1.807, 2.05) is 0 Å². The van der Waals surface area contributed by atoms with E-state index in [0.29, 0.717) is 5.76 Å². The Bertz CT molecular complexity index is 666. The number of furan rings is 1. The molecule has 106 valence electrons. The third-order valence-electron chi connectivity index (χ3n) is 2.41. The molecular formula is C12H6F5NO2. The minimum Gasteiger partial charge on any atom is -0.456 e. The van der Waals surface area contributed by atoms with Crippen molar-refractivity contribution >= 4 is 11.6 Å². The maximum absolute atomic E-state index is 13.3. The van der Waals surface area contributed by atoms with Gasteiger partial charge in [-0.1, -0.05) is 0 Å². The third kappa shape index (κ3) is 2.24. The van der Waals surface area contributed by atoms with Crippen LogP contribution in [0.25, 0.3) is 0 Å². The predicted molar refractivity (Wildman–Crippen MR) is 57.6 cm³/mol. The molecule has 8 heteroatoms. The lowest BCUT2D eigenvalue weighted by atomic mass is 10.2. The summed E-state index contributed by atoms with van der Waals surface area (Å²) in [6.45, 7) is 1.51. The van der Waals surface area contributed by atoms with Gasteiger partial charge >= 0.3 is 0 Å². The quantitative estimate of drug-likeness (QED) is 0.522. The van der Waals surface area contributed by atoms with Crippen LogP contribution in [-0.2, 0) is 0 Å². The highest BCUT2D eigenvalue weighted by Crippen LogP contribution is 2.27. The Morgan fingerprint density at radius 3 is 1.90 bits per heavy atom. The van der Waals surface area contributed by atoms with Gasteiger partial charge in [-0.15, -0.1) is 0 Å². The van der Waals surface area contributed by atoms with Crippen LogP contribution in [0.2, 0.25) is 0 Å². The first kappa shape index (κ1) is 14.0. The van der Waals surface area contributed by atoms with Crippen LogP contribution in [0.1, 0.15) is 16.3 Å². The number of carbonyl (C=O) groups excluding carboxylic acids is 1. The molecular weight excluding hydrogens is 285 g/mol. The van der Waals surface area contributed by atoms with Gasteiger partial charge in [0.05, 0.1) is 0 Å². The van der Waals surface area contributed by atoms with Gasteiger partial charge in [0.25, 0.3) is 5.91 Å². The maximum Gasteiger partial charge on any atom is 0.291 e. The number of anilines is 1. The Labute approximate surface area is 109 Å². The van der Waals surface area contributed by atoms with E-state index in [9.17, 15) is 26.7 Å². The second-order valence-electron chi connectivity index (χ2n) is 3.81. The number of hydrogen-bond donors (Lipinski definition) is 1. The predicted octanol–water partition coefficient (Wildman–Crippen LogP) is 3.54.